The van der Waals surface area contributed by atoms with E-state index in [0.29, 0.717) is 0 Å². The maximum Gasteiger partial charge on any atom is 0.124 e. The topological polar surface area (TPSA) is 29.5 Å². The van der Waals surface area contributed by atoms with Gasteiger partial charge in [-0.15, -0.1) is 0 Å². The van der Waals surface area contributed by atoms with Crippen molar-refractivity contribution in [2.45, 2.75) is 37.7 Å². The fourth-order valence-corrected chi connectivity index (χ4v) is 1.95. The Balaban J connectivity index is 2.12. The normalized spacial score (nSPS) is 28.3. The van der Waals surface area contributed by atoms with E-state index in [1.807, 2.05) is 6.08 Å². The molecular weight excluding hydrogens is 140 g/mol. The van der Waals surface area contributed by atoms with E-state index in [1.54, 1.807) is 0 Å². The quantitative estimate of drug-likeness (QED) is 0.621. The Labute approximate surface area is 66.9 Å². The van der Waals surface area contributed by atoms with Crippen LogP contribution in [-0.2, 0) is 4.74 Å². The second-order valence-corrected chi connectivity index (χ2v) is 3.44. The van der Waals surface area contributed by atoms with Crippen molar-refractivity contribution in [3.63, 3.8) is 0 Å². The second kappa shape index (κ2) is 2.52. The molecule has 0 radical (unpaired) electrons. The number of aliphatic hydroxyl groups is 1. The molecular formula is C9H14O2. The molecule has 0 aromatic rings. The summed E-state index contributed by atoms with van der Waals surface area (Å²) in [6.07, 6.45) is 7.05. The molecule has 0 aromatic heterocycles. The summed E-state index contributed by atoms with van der Waals surface area (Å²) in [5, 5.41) is 10.00. The van der Waals surface area contributed by atoms with Gasteiger partial charge in [-0.25, -0.2) is 0 Å². The van der Waals surface area contributed by atoms with Gasteiger partial charge in [0.05, 0.1) is 6.61 Å². The van der Waals surface area contributed by atoms with Crippen molar-refractivity contribution in [2.75, 3.05) is 6.61 Å². The van der Waals surface area contributed by atoms with Gasteiger partial charge in [0.15, 0.2) is 0 Å². The maximum atomic E-state index is 10.00. The number of ether oxygens (including phenoxy) is 1. The molecule has 1 N–H and O–H groups in total. The number of hydrogen-bond donors (Lipinski definition) is 1. The van der Waals surface area contributed by atoms with Gasteiger partial charge in [-0.2, -0.15) is 0 Å². The third-order valence-corrected chi connectivity index (χ3v) is 2.59. The van der Waals surface area contributed by atoms with E-state index in [2.05, 4.69) is 0 Å². The summed E-state index contributed by atoms with van der Waals surface area (Å²) in [5.41, 5.74) is -0.587. The third kappa shape index (κ3) is 1.16. The van der Waals surface area contributed by atoms with Crippen LogP contribution in [0.25, 0.3) is 0 Å². The number of rotatable bonds is 1. The predicted octanol–water partition coefficient (Wildman–Crippen LogP) is 1.60. The van der Waals surface area contributed by atoms with Crippen LogP contribution < -0.4 is 0 Å². The molecule has 0 saturated heterocycles. The zero-order valence-electron chi connectivity index (χ0n) is 6.68. The highest BCUT2D eigenvalue weighted by Gasteiger charge is 2.37. The molecule has 1 aliphatic carbocycles. The van der Waals surface area contributed by atoms with Crippen molar-refractivity contribution in [3.8, 4) is 0 Å². The van der Waals surface area contributed by atoms with Gasteiger partial charge in [0.25, 0.3) is 0 Å². The van der Waals surface area contributed by atoms with Gasteiger partial charge in [-0.1, -0.05) is 0 Å². The summed E-state index contributed by atoms with van der Waals surface area (Å²) in [7, 11) is 0. The Bertz CT molecular complexity index is 178. The van der Waals surface area contributed by atoms with Gasteiger partial charge in [0.1, 0.15) is 11.4 Å². The largest absolute Gasteiger partial charge is 0.495 e. The zero-order chi connectivity index (χ0) is 7.73. The summed E-state index contributed by atoms with van der Waals surface area (Å²) in [4.78, 5) is 0. The van der Waals surface area contributed by atoms with Crippen molar-refractivity contribution in [2.24, 2.45) is 0 Å². The van der Waals surface area contributed by atoms with Crippen molar-refractivity contribution in [3.05, 3.63) is 11.8 Å². The molecule has 0 unspecified atom stereocenters. The van der Waals surface area contributed by atoms with Crippen LogP contribution in [0.1, 0.15) is 32.1 Å². The molecule has 11 heavy (non-hydrogen) atoms. The molecule has 62 valence electrons. The molecule has 0 aromatic carbocycles. The van der Waals surface area contributed by atoms with E-state index in [-0.39, 0.29) is 0 Å². The Morgan fingerprint density at radius 2 is 2.09 bits per heavy atom. The van der Waals surface area contributed by atoms with Crippen LogP contribution in [0, 0.1) is 0 Å². The fourth-order valence-electron chi connectivity index (χ4n) is 1.95. The van der Waals surface area contributed by atoms with Gasteiger partial charge < -0.3 is 9.84 Å². The van der Waals surface area contributed by atoms with Crippen LogP contribution in [0.4, 0.5) is 0 Å². The molecule has 1 aliphatic heterocycles. The Morgan fingerprint density at radius 1 is 1.36 bits per heavy atom. The molecule has 1 fully saturated rings. The van der Waals surface area contributed by atoms with E-state index in [4.69, 9.17) is 4.74 Å². The lowest BCUT2D eigenvalue weighted by Gasteiger charge is -2.22. The number of hydrogen-bond acceptors (Lipinski definition) is 2. The van der Waals surface area contributed by atoms with E-state index in [1.165, 1.54) is 0 Å². The van der Waals surface area contributed by atoms with Crippen molar-refractivity contribution in [1.29, 1.82) is 0 Å². The van der Waals surface area contributed by atoms with Crippen molar-refractivity contribution >= 4 is 0 Å². The highest BCUT2D eigenvalue weighted by Crippen LogP contribution is 2.37. The smallest absolute Gasteiger partial charge is 0.124 e. The average Bonchev–Trinajstić information content (AvgIpc) is 2.55. The van der Waals surface area contributed by atoms with E-state index in [9.17, 15) is 5.11 Å². The zero-order valence-corrected chi connectivity index (χ0v) is 6.68. The highest BCUT2D eigenvalue weighted by molar-refractivity contribution is 5.14. The lowest BCUT2D eigenvalue weighted by atomic mass is 10.00. The molecule has 2 heteroatoms. The minimum absolute atomic E-state index is 0.587. The summed E-state index contributed by atoms with van der Waals surface area (Å²) in [6, 6.07) is 0. The molecule has 2 rings (SSSR count). The van der Waals surface area contributed by atoms with Crippen LogP contribution in [-0.4, -0.2) is 17.3 Å². The molecule has 0 spiro atoms. The third-order valence-electron chi connectivity index (χ3n) is 2.59. The van der Waals surface area contributed by atoms with E-state index in [0.717, 1.165) is 44.5 Å². The first kappa shape index (κ1) is 7.17. The molecule has 1 saturated carbocycles. The summed E-state index contributed by atoms with van der Waals surface area (Å²) in [5.74, 6) is 0.843. The molecule has 0 atom stereocenters. The fraction of sp³-hybridized carbons (Fsp3) is 0.778. The Morgan fingerprint density at radius 3 is 2.64 bits per heavy atom. The summed E-state index contributed by atoms with van der Waals surface area (Å²) < 4.78 is 5.35. The van der Waals surface area contributed by atoms with E-state index < -0.39 is 5.60 Å². The van der Waals surface area contributed by atoms with Crippen LogP contribution in [0.5, 0.6) is 0 Å². The monoisotopic (exact) mass is 154 g/mol. The lowest BCUT2D eigenvalue weighted by molar-refractivity contribution is 0.0251. The Kier molecular flexibility index (Phi) is 1.64. The summed E-state index contributed by atoms with van der Waals surface area (Å²) >= 11 is 0. The predicted molar refractivity (Wildman–Crippen MR) is 42.1 cm³/mol. The van der Waals surface area contributed by atoms with Crippen molar-refractivity contribution < 1.29 is 9.84 Å². The molecule has 2 nitrogen and oxygen atoms in total. The van der Waals surface area contributed by atoms with Gasteiger partial charge in [0, 0.05) is 6.42 Å². The molecule has 1 heterocycles. The first-order valence-electron chi connectivity index (χ1n) is 4.37. The van der Waals surface area contributed by atoms with Crippen LogP contribution >= 0.6 is 0 Å². The first-order chi connectivity index (χ1) is 5.31. The van der Waals surface area contributed by atoms with Crippen LogP contribution in [0.3, 0.4) is 0 Å². The minimum atomic E-state index is -0.587. The van der Waals surface area contributed by atoms with Gasteiger partial charge in [0.2, 0.25) is 0 Å². The minimum Gasteiger partial charge on any atom is -0.495 e. The second-order valence-electron chi connectivity index (χ2n) is 3.44. The first-order valence-corrected chi connectivity index (χ1v) is 4.37. The SMILES string of the molecule is OC1(C2=CCCO2)CCCC1. The van der Waals surface area contributed by atoms with E-state index >= 15 is 0 Å². The Hall–Kier alpha value is -0.500. The molecule has 0 amide bonds. The average molecular weight is 154 g/mol. The van der Waals surface area contributed by atoms with Crippen molar-refractivity contribution in [1.82, 2.24) is 0 Å². The van der Waals surface area contributed by atoms with Gasteiger partial charge >= 0.3 is 0 Å². The highest BCUT2D eigenvalue weighted by atomic mass is 16.5. The summed E-state index contributed by atoms with van der Waals surface area (Å²) in [6.45, 7) is 0.762. The maximum absolute atomic E-state index is 10.00. The lowest BCUT2D eigenvalue weighted by Crippen LogP contribution is -2.27. The van der Waals surface area contributed by atoms with Gasteiger partial charge in [-0.05, 0) is 31.8 Å². The standard InChI is InChI=1S/C9H14O2/c10-9(5-1-2-6-9)8-4-3-7-11-8/h4,10H,1-3,5-7H2. The van der Waals surface area contributed by atoms with Gasteiger partial charge in [-0.3, -0.25) is 0 Å². The van der Waals surface area contributed by atoms with Crippen LogP contribution in [0.15, 0.2) is 11.8 Å². The van der Waals surface area contributed by atoms with Crippen LogP contribution in [0.2, 0.25) is 0 Å². The molecule has 2 aliphatic rings. The molecule has 0 bridgehead atoms.